The lowest BCUT2D eigenvalue weighted by atomic mass is 10.0. The van der Waals surface area contributed by atoms with E-state index in [0.29, 0.717) is 25.7 Å². The van der Waals surface area contributed by atoms with Crippen LogP contribution in [0.25, 0.3) is 22.0 Å². The van der Waals surface area contributed by atoms with Crippen LogP contribution in [-0.2, 0) is 11.3 Å². The van der Waals surface area contributed by atoms with Crippen LogP contribution in [0.4, 0.5) is 5.69 Å². The van der Waals surface area contributed by atoms with Crippen LogP contribution in [0, 0.1) is 0 Å². The summed E-state index contributed by atoms with van der Waals surface area (Å²) in [6.07, 6.45) is 2.07. The monoisotopic (exact) mass is 454 g/mol. The van der Waals surface area contributed by atoms with Gasteiger partial charge in [-0.05, 0) is 41.3 Å². The Morgan fingerprint density at radius 2 is 1.85 bits per heavy atom. The van der Waals surface area contributed by atoms with Gasteiger partial charge in [-0.2, -0.15) is 0 Å². The maximum absolute atomic E-state index is 11.5. The van der Waals surface area contributed by atoms with E-state index in [4.69, 9.17) is 4.74 Å². The Hall–Kier alpha value is -3.83. The summed E-state index contributed by atoms with van der Waals surface area (Å²) in [4.78, 5) is 11.5. The third-order valence-corrected chi connectivity index (χ3v) is 5.84. The SMILES string of the molecule is C=C(COCCn1cc(-c2ccccc2)c2ccc(C(=O)O)cc21)Nc1cccc(C(C)C)c1. The summed E-state index contributed by atoms with van der Waals surface area (Å²) in [5.41, 5.74) is 6.38. The maximum Gasteiger partial charge on any atom is 0.335 e. The molecule has 34 heavy (non-hydrogen) atoms. The van der Waals surface area contributed by atoms with Gasteiger partial charge in [-0.1, -0.05) is 69.0 Å². The first-order chi connectivity index (χ1) is 16.4. The number of carboxylic acid groups (broad SMARTS) is 1. The van der Waals surface area contributed by atoms with Crippen LogP contribution >= 0.6 is 0 Å². The summed E-state index contributed by atoms with van der Waals surface area (Å²) >= 11 is 0. The van der Waals surface area contributed by atoms with Crippen molar-refractivity contribution in [2.45, 2.75) is 26.3 Å². The van der Waals surface area contributed by atoms with Gasteiger partial charge in [0.05, 0.1) is 18.8 Å². The summed E-state index contributed by atoms with van der Waals surface area (Å²) in [5.74, 6) is -0.471. The summed E-state index contributed by atoms with van der Waals surface area (Å²) in [6.45, 7) is 9.89. The third kappa shape index (κ3) is 5.38. The molecule has 5 nitrogen and oxygen atoms in total. The fourth-order valence-electron chi connectivity index (χ4n) is 4.03. The minimum atomic E-state index is -0.934. The van der Waals surface area contributed by atoms with Gasteiger partial charge in [0.2, 0.25) is 0 Å². The lowest BCUT2D eigenvalue weighted by Crippen LogP contribution is -2.10. The zero-order valence-electron chi connectivity index (χ0n) is 19.6. The molecule has 0 aliphatic rings. The molecule has 0 atom stereocenters. The number of nitrogens with one attached hydrogen (secondary N) is 1. The van der Waals surface area contributed by atoms with Crippen molar-refractivity contribution in [3.05, 3.63) is 102 Å². The molecule has 0 amide bonds. The predicted octanol–water partition coefficient (Wildman–Crippen LogP) is 6.77. The standard InChI is InChI=1S/C29H30N2O3/c1-20(2)23-10-7-11-25(16-23)30-21(3)19-34-15-14-31-18-27(22-8-5-4-6-9-22)26-13-12-24(29(32)33)17-28(26)31/h4-13,16-18,20,30H,3,14-15,19H2,1-2H3,(H,32,33). The smallest absolute Gasteiger partial charge is 0.335 e. The minimum Gasteiger partial charge on any atom is -0.478 e. The molecular weight excluding hydrogens is 424 g/mol. The third-order valence-electron chi connectivity index (χ3n) is 5.84. The second-order valence-corrected chi connectivity index (χ2v) is 8.70. The highest BCUT2D eigenvalue weighted by Gasteiger charge is 2.13. The second-order valence-electron chi connectivity index (χ2n) is 8.70. The number of carboxylic acids is 1. The van der Waals surface area contributed by atoms with Crippen molar-refractivity contribution in [1.82, 2.24) is 4.57 Å². The first-order valence-electron chi connectivity index (χ1n) is 11.5. The van der Waals surface area contributed by atoms with E-state index >= 15 is 0 Å². The summed E-state index contributed by atoms with van der Waals surface area (Å²) in [5, 5.41) is 13.8. The van der Waals surface area contributed by atoms with Crippen molar-refractivity contribution in [3.63, 3.8) is 0 Å². The predicted molar refractivity (Wildman–Crippen MR) is 138 cm³/mol. The molecule has 174 valence electrons. The number of anilines is 1. The van der Waals surface area contributed by atoms with Crippen molar-refractivity contribution in [2.24, 2.45) is 0 Å². The Balaban J connectivity index is 1.43. The molecule has 0 fully saturated rings. The largest absolute Gasteiger partial charge is 0.478 e. The Bertz CT molecular complexity index is 1310. The van der Waals surface area contributed by atoms with Crippen LogP contribution in [0.2, 0.25) is 0 Å². The molecule has 1 heterocycles. The van der Waals surface area contributed by atoms with E-state index in [1.54, 1.807) is 12.1 Å². The van der Waals surface area contributed by atoms with Gasteiger partial charge in [0, 0.05) is 40.6 Å². The van der Waals surface area contributed by atoms with Gasteiger partial charge in [0.15, 0.2) is 0 Å². The zero-order chi connectivity index (χ0) is 24.1. The summed E-state index contributed by atoms with van der Waals surface area (Å²) in [7, 11) is 0. The average molecular weight is 455 g/mol. The summed E-state index contributed by atoms with van der Waals surface area (Å²) < 4.78 is 7.95. The molecule has 4 aromatic rings. The second kappa shape index (κ2) is 10.4. The van der Waals surface area contributed by atoms with Crippen molar-refractivity contribution in [3.8, 4) is 11.1 Å². The average Bonchev–Trinajstić information content (AvgIpc) is 3.20. The Labute approximate surface area is 200 Å². The van der Waals surface area contributed by atoms with Gasteiger partial charge in [-0.3, -0.25) is 0 Å². The van der Waals surface area contributed by atoms with Gasteiger partial charge in [-0.25, -0.2) is 4.79 Å². The molecule has 1 aromatic heterocycles. The molecule has 3 aromatic carbocycles. The highest BCUT2D eigenvalue weighted by atomic mass is 16.5. The van der Waals surface area contributed by atoms with Crippen LogP contribution < -0.4 is 5.32 Å². The number of aromatic carboxylic acids is 1. The Morgan fingerprint density at radius 1 is 1.06 bits per heavy atom. The number of carbonyl (C=O) groups is 1. The van der Waals surface area contributed by atoms with E-state index in [-0.39, 0.29) is 5.56 Å². The number of ether oxygens (including phenoxy) is 1. The quantitative estimate of drug-likeness (QED) is 0.260. The van der Waals surface area contributed by atoms with Crippen molar-refractivity contribution < 1.29 is 14.6 Å². The highest BCUT2D eigenvalue weighted by Crippen LogP contribution is 2.31. The van der Waals surface area contributed by atoms with Crippen molar-refractivity contribution >= 4 is 22.6 Å². The van der Waals surface area contributed by atoms with Gasteiger partial charge in [0.25, 0.3) is 0 Å². The minimum absolute atomic E-state index is 0.272. The molecule has 0 radical (unpaired) electrons. The fraction of sp³-hybridized carbons (Fsp3) is 0.207. The molecule has 5 heteroatoms. The van der Waals surface area contributed by atoms with Crippen LogP contribution in [0.1, 0.15) is 35.7 Å². The molecule has 0 unspecified atom stereocenters. The van der Waals surface area contributed by atoms with Crippen molar-refractivity contribution in [1.29, 1.82) is 0 Å². The zero-order valence-corrected chi connectivity index (χ0v) is 19.6. The van der Waals surface area contributed by atoms with Gasteiger partial charge < -0.3 is 19.7 Å². The highest BCUT2D eigenvalue weighted by molar-refractivity contribution is 6.00. The normalized spacial score (nSPS) is 11.1. The fourth-order valence-corrected chi connectivity index (χ4v) is 4.03. The number of nitrogens with zero attached hydrogens (tertiary/aromatic N) is 1. The van der Waals surface area contributed by atoms with E-state index in [0.717, 1.165) is 33.4 Å². The molecule has 0 aliphatic carbocycles. The molecule has 0 spiro atoms. The lowest BCUT2D eigenvalue weighted by Gasteiger charge is -2.13. The molecule has 0 saturated heterocycles. The number of hydrogen-bond donors (Lipinski definition) is 2. The van der Waals surface area contributed by atoms with Crippen molar-refractivity contribution in [2.75, 3.05) is 18.5 Å². The van der Waals surface area contributed by atoms with Gasteiger partial charge >= 0.3 is 5.97 Å². The first kappa shape index (κ1) is 23.3. The van der Waals surface area contributed by atoms with Crippen LogP contribution in [0.5, 0.6) is 0 Å². The summed E-state index contributed by atoms with van der Waals surface area (Å²) in [6, 6.07) is 23.7. The van der Waals surface area contributed by atoms with E-state index in [1.807, 2.05) is 36.4 Å². The van der Waals surface area contributed by atoms with Crippen LogP contribution in [-0.4, -0.2) is 28.9 Å². The van der Waals surface area contributed by atoms with E-state index in [2.05, 4.69) is 60.8 Å². The number of benzene rings is 3. The van der Waals surface area contributed by atoms with E-state index in [9.17, 15) is 9.90 Å². The first-order valence-corrected chi connectivity index (χ1v) is 11.5. The van der Waals surface area contributed by atoms with Crippen LogP contribution in [0.15, 0.2) is 91.3 Å². The number of aromatic nitrogens is 1. The van der Waals surface area contributed by atoms with Gasteiger partial charge in [0.1, 0.15) is 0 Å². The molecule has 0 aliphatic heterocycles. The molecule has 2 N–H and O–H groups in total. The molecule has 4 rings (SSSR count). The number of hydrogen-bond acceptors (Lipinski definition) is 3. The Kier molecular flexibility index (Phi) is 7.14. The molecular formula is C29H30N2O3. The van der Waals surface area contributed by atoms with Gasteiger partial charge in [-0.15, -0.1) is 0 Å². The molecule has 0 saturated carbocycles. The number of fused-ring (bicyclic) bond motifs is 1. The maximum atomic E-state index is 11.5. The topological polar surface area (TPSA) is 63.5 Å². The lowest BCUT2D eigenvalue weighted by molar-refractivity contribution is 0.0697. The molecule has 0 bridgehead atoms. The number of rotatable bonds is 10. The van der Waals surface area contributed by atoms with E-state index < -0.39 is 5.97 Å². The van der Waals surface area contributed by atoms with E-state index in [1.165, 1.54) is 5.56 Å². The van der Waals surface area contributed by atoms with Crippen LogP contribution in [0.3, 0.4) is 0 Å². The Morgan fingerprint density at radius 3 is 2.59 bits per heavy atom.